The van der Waals surface area contributed by atoms with Crippen LogP contribution in [0.2, 0.25) is 5.02 Å². The van der Waals surface area contributed by atoms with E-state index < -0.39 is 15.7 Å². The van der Waals surface area contributed by atoms with Crippen LogP contribution >= 0.6 is 11.6 Å². The summed E-state index contributed by atoms with van der Waals surface area (Å²) in [4.78, 5) is 0. The van der Waals surface area contributed by atoms with Gasteiger partial charge in [0.15, 0.2) is 15.7 Å². The number of nitrogens with two attached hydrogens (primary N) is 1. The number of rotatable bonds is 3. The third-order valence-electron chi connectivity index (χ3n) is 2.49. The molecule has 0 fully saturated rings. The molecule has 0 aliphatic heterocycles. The average molecular weight is 304 g/mol. The largest absolute Gasteiger partial charge is 0.382 e. The van der Waals surface area contributed by atoms with Crippen molar-refractivity contribution in [3.63, 3.8) is 0 Å². The highest BCUT2D eigenvalue weighted by atomic mass is 35.5. The molecule has 1 aromatic carbocycles. The van der Waals surface area contributed by atoms with Crippen LogP contribution < -0.4 is 5.73 Å². The van der Waals surface area contributed by atoms with Gasteiger partial charge in [0.05, 0.1) is 22.0 Å². The lowest BCUT2D eigenvalue weighted by molar-refractivity contribution is 0.600. The van der Waals surface area contributed by atoms with Gasteiger partial charge in [-0.2, -0.15) is 5.10 Å². The minimum Gasteiger partial charge on any atom is -0.382 e. The predicted molar refractivity (Wildman–Crippen MR) is 72.0 cm³/mol. The number of nitrogens with zero attached hydrogens (tertiary/aromatic N) is 1. The number of hydrogen-bond donors (Lipinski definition) is 2. The number of anilines is 1. The molecule has 0 amide bonds. The Morgan fingerprint density at radius 3 is 2.68 bits per heavy atom. The van der Waals surface area contributed by atoms with E-state index in [2.05, 4.69) is 10.2 Å². The second-order valence-electron chi connectivity index (χ2n) is 4.13. The minimum absolute atomic E-state index is 0.00523. The van der Waals surface area contributed by atoms with Crippen LogP contribution in [0, 0.1) is 5.82 Å². The van der Waals surface area contributed by atoms with Crippen molar-refractivity contribution in [3.05, 3.63) is 34.7 Å². The Morgan fingerprint density at radius 1 is 1.42 bits per heavy atom. The maximum atomic E-state index is 13.9. The van der Waals surface area contributed by atoms with E-state index in [1.165, 1.54) is 18.2 Å². The normalized spacial score (nSPS) is 11.7. The minimum atomic E-state index is -3.31. The standard InChI is InChI=1S/C11H11ClFN3O2S/c1-19(17,18)5-8-10(11(14)16-15-8)9-6(12)3-2-4-7(9)13/h2-4H,5H2,1H3,(H3,14,15,16). The van der Waals surface area contributed by atoms with Gasteiger partial charge >= 0.3 is 0 Å². The molecule has 8 heteroatoms. The number of H-pyrrole nitrogens is 1. The molecule has 102 valence electrons. The fraction of sp³-hybridized carbons (Fsp3) is 0.182. The van der Waals surface area contributed by atoms with Crippen LogP contribution in [0.3, 0.4) is 0 Å². The Morgan fingerprint density at radius 2 is 2.11 bits per heavy atom. The van der Waals surface area contributed by atoms with Crippen LogP contribution in [0.5, 0.6) is 0 Å². The molecule has 0 atom stereocenters. The molecule has 0 aliphatic carbocycles. The van der Waals surface area contributed by atoms with Crippen molar-refractivity contribution in [1.82, 2.24) is 10.2 Å². The lowest BCUT2D eigenvalue weighted by atomic mass is 10.1. The Bertz CT molecular complexity index is 707. The van der Waals surface area contributed by atoms with Gasteiger partial charge in [0.1, 0.15) is 5.82 Å². The van der Waals surface area contributed by atoms with E-state index in [1.807, 2.05) is 0 Å². The van der Waals surface area contributed by atoms with E-state index in [0.29, 0.717) is 0 Å². The van der Waals surface area contributed by atoms with Gasteiger partial charge < -0.3 is 5.73 Å². The Balaban J connectivity index is 2.66. The van der Waals surface area contributed by atoms with Crippen LogP contribution in [-0.2, 0) is 15.6 Å². The Hall–Kier alpha value is -1.60. The van der Waals surface area contributed by atoms with E-state index in [4.69, 9.17) is 17.3 Å². The molecule has 3 N–H and O–H groups in total. The first-order valence-electron chi connectivity index (χ1n) is 5.24. The number of nitrogen functional groups attached to an aromatic ring is 1. The number of halogens is 2. The van der Waals surface area contributed by atoms with E-state index in [-0.39, 0.29) is 33.4 Å². The molecule has 0 aliphatic rings. The van der Waals surface area contributed by atoms with Gasteiger partial charge in [-0.3, -0.25) is 5.10 Å². The van der Waals surface area contributed by atoms with Crippen molar-refractivity contribution < 1.29 is 12.8 Å². The molecule has 2 rings (SSSR count). The highest BCUT2D eigenvalue weighted by Gasteiger charge is 2.21. The summed E-state index contributed by atoms with van der Waals surface area (Å²) in [7, 11) is -3.31. The molecule has 0 unspecified atom stereocenters. The van der Waals surface area contributed by atoms with E-state index in [0.717, 1.165) is 6.26 Å². The quantitative estimate of drug-likeness (QED) is 0.907. The number of benzene rings is 1. The summed E-state index contributed by atoms with van der Waals surface area (Å²) in [5, 5.41) is 6.37. The average Bonchev–Trinajstić information content (AvgIpc) is 2.59. The highest BCUT2D eigenvalue weighted by molar-refractivity contribution is 7.89. The topological polar surface area (TPSA) is 88.8 Å². The smallest absolute Gasteiger partial charge is 0.153 e. The molecule has 2 aromatic rings. The van der Waals surface area contributed by atoms with Gasteiger partial charge in [-0.05, 0) is 12.1 Å². The number of aromatic nitrogens is 2. The fourth-order valence-corrected chi connectivity index (χ4v) is 2.77. The summed E-state index contributed by atoms with van der Waals surface area (Å²) in [6.45, 7) is 0. The monoisotopic (exact) mass is 303 g/mol. The van der Waals surface area contributed by atoms with Crippen molar-refractivity contribution >= 4 is 27.3 Å². The van der Waals surface area contributed by atoms with E-state index in [1.54, 1.807) is 0 Å². The second kappa shape index (κ2) is 4.82. The van der Waals surface area contributed by atoms with Crippen molar-refractivity contribution in [1.29, 1.82) is 0 Å². The highest BCUT2D eigenvalue weighted by Crippen LogP contribution is 2.36. The van der Waals surface area contributed by atoms with Crippen LogP contribution in [-0.4, -0.2) is 24.9 Å². The molecule has 1 heterocycles. The SMILES string of the molecule is CS(=O)(=O)Cc1[nH]nc(N)c1-c1c(F)cccc1Cl. The molecular weight excluding hydrogens is 293 g/mol. The third kappa shape index (κ3) is 2.87. The summed E-state index contributed by atoms with van der Waals surface area (Å²) >= 11 is 5.95. The molecule has 0 bridgehead atoms. The number of nitrogens with one attached hydrogen (secondary N) is 1. The van der Waals surface area contributed by atoms with Crippen molar-refractivity contribution in [2.24, 2.45) is 0 Å². The van der Waals surface area contributed by atoms with Crippen LogP contribution in [0.15, 0.2) is 18.2 Å². The number of hydrogen-bond acceptors (Lipinski definition) is 4. The van der Waals surface area contributed by atoms with E-state index >= 15 is 0 Å². The first-order valence-corrected chi connectivity index (χ1v) is 7.68. The molecule has 19 heavy (non-hydrogen) atoms. The maximum Gasteiger partial charge on any atom is 0.153 e. The molecule has 0 saturated carbocycles. The maximum absolute atomic E-state index is 13.9. The van der Waals surface area contributed by atoms with Gasteiger partial charge in [0.2, 0.25) is 0 Å². The van der Waals surface area contributed by atoms with Gasteiger partial charge in [0, 0.05) is 11.8 Å². The summed E-state index contributed by atoms with van der Waals surface area (Å²) in [5.74, 6) is -0.905. The number of sulfone groups is 1. The summed E-state index contributed by atoms with van der Waals surface area (Å²) < 4.78 is 36.6. The first kappa shape index (κ1) is 13.8. The summed E-state index contributed by atoms with van der Waals surface area (Å²) in [6.07, 6.45) is 1.07. The molecule has 1 aromatic heterocycles. The Labute approximate surface area is 114 Å². The lowest BCUT2D eigenvalue weighted by Crippen LogP contribution is -2.03. The van der Waals surface area contributed by atoms with Crippen LogP contribution in [0.4, 0.5) is 10.2 Å². The zero-order valence-corrected chi connectivity index (χ0v) is 11.5. The zero-order valence-electron chi connectivity index (χ0n) is 9.94. The molecule has 0 saturated heterocycles. The lowest BCUT2D eigenvalue weighted by Gasteiger charge is -2.07. The molecule has 5 nitrogen and oxygen atoms in total. The van der Waals surface area contributed by atoms with Crippen molar-refractivity contribution in [2.75, 3.05) is 12.0 Å². The van der Waals surface area contributed by atoms with Gasteiger partial charge in [-0.1, -0.05) is 17.7 Å². The van der Waals surface area contributed by atoms with Gasteiger partial charge in [-0.25, -0.2) is 12.8 Å². The van der Waals surface area contributed by atoms with Crippen molar-refractivity contribution in [3.8, 4) is 11.1 Å². The third-order valence-corrected chi connectivity index (χ3v) is 3.62. The predicted octanol–water partition coefficient (Wildman–Crippen LogP) is 2.00. The summed E-state index contributed by atoms with van der Waals surface area (Å²) in [6, 6.07) is 4.17. The fourth-order valence-electron chi connectivity index (χ4n) is 1.78. The zero-order chi connectivity index (χ0) is 14.2. The number of aromatic amines is 1. The van der Waals surface area contributed by atoms with E-state index in [9.17, 15) is 12.8 Å². The van der Waals surface area contributed by atoms with Gasteiger partial charge in [-0.15, -0.1) is 0 Å². The van der Waals surface area contributed by atoms with Crippen LogP contribution in [0.25, 0.3) is 11.1 Å². The second-order valence-corrected chi connectivity index (χ2v) is 6.68. The van der Waals surface area contributed by atoms with Gasteiger partial charge in [0.25, 0.3) is 0 Å². The van der Waals surface area contributed by atoms with Crippen molar-refractivity contribution in [2.45, 2.75) is 5.75 Å². The molecule has 0 spiro atoms. The molecule has 0 radical (unpaired) electrons. The molecular formula is C11H11ClFN3O2S. The summed E-state index contributed by atoms with van der Waals surface area (Å²) in [5.41, 5.74) is 6.12. The van der Waals surface area contributed by atoms with Crippen LogP contribution in [0.1, 0.15) is 5.69 Å². The Kier molecular flexibility index (Phi) is 3.51. The first-order chi connectivity index (χ1) is 8.79.